The van der Waals surface area contributed by atoms with Crippen LogP contribution in [0.15, 0.2) is 57.7 Å². The van der Waals surface area contributed by atoms with Gasteiger partial charge in [0.1, 0.15) is 0 Å². The van der Waals surface area contributed by atoms with Gasteiger partial charge in [0.2, 0.25) is 5.76 Å². The Balaban J connectivity index is 1.45. The number of carbonyl (C=O) groups is 1. The maximum absolute atomic E-state index is 12.3. The number of nitrogens with one attached hydrogen (secondary N) is 1. The van der Waals surface area contributed by atoms with Crippen LogP contribution in [0, 0.1) is 0 Å². The maximum Gasteiger partial charge on any atom is 0.273 e. The first-order valence-electron chi connectivity index (χ1n) is 7.18. The molecule has 1 N–H and O–H groups in total. The van der Waals surface area contributed by atoms with Crippen LogP contribution in [0.4, 0.5) is 0 Å². The first kappa shape index (κ1) is 12.9. The summed E-state index contributed by atoms with van der Waals surface area (Å²) < 4.78 is 10.4. The van der Waals surface area contributed by atoms with E-state index < -0.39 is 0 Å². The Bertz CT molecular complexity index is 780. The number of furan rings is 1. The van der Waals surface area contributed by atoms with Crippen molar-refractivity contribution in [3.05, 3.63) is 65.5 Å². The molecule has 1 amide bonds. The van der Waals surface area contributed by atoms with Gasteiger partial charge in [0, 0.05) is 12.1 Å². The maximum atomic E-state index is 12.3. The van der Waals surface area contributed by atoms with Gasteiger partial charge in [-0.2, -0.15) is 0 Å². The zero-order chi connectivity index (χ0) is 14.9. The Morgan fingerprint density at radius 3 is 2.55 bits per heavy atom. The number of aromatic nitrogens is 1. The van der Waals surface area contributed by atoms with Gasteiger partial charge >= 0.3 is 0 Å². The van der Waals surface area contributed by atoms with E-state index >= 15 is 0 Å². The minimum atomic E-state index is -0.223. The monoisotopic (exact) mass is 294 g/mol. The van der Waals surface area contributed by atoms with Crippen molar-refractivity contribution in [2.75, 3.05) is 0 Å². The molecule has 2 heterocycles. The fraction of sp³-hybridized carbons (Fsp3) is 0.176. The number of hydrogen-bond acceptors (Lipinski definition) is 4. The average Bonchev–Trinajstić information content (AvgIpc) is 3.26. The molecule has 2 aromatic heterocycles. The zero-order valence-corrected chi connectivity index (χ0v) is 11.8. The standard InChI is InChI=1S/C17H14N2O3/c20-17(14-10-16(22-19-14)15-6-3-7-21-15)18-13-8-11-4-1-2-5-12(11)9-13/h1-7,10,13H,8-9H2,(H,18,20). The van der Waals surface area contributed by atoms with Crippen LogP contribution in [0.2, 0.25) is 0 Å². The smallest absolute Gasteiger partial charge is 0.273 e. The number of amides is 1. The second-order valence-corrected chi connectivity index (χ2v) is 5.40. The van der Waals surface area contributed by atoms with Crippen LogP contribution in [0.1, 0.15) is 21.6 Å². The quantitative estimate of drug-likeness (QED) is 0.806. The van der Waals surface area contributed by atoms with Gasteiger partial charge in [-0.25, -0.2) is 0 Å². The summed E-state index contributed by atoms with van der Waals surface area (Å²) in [7, 11) is 0. The third-order valence-corrected chi connectivity index (χ3v) is 3.89. The lowest BCUT2D eigenvalue weighted by Gasteiger charge is -2.09. The third kappa shape index (κ3) is 2.30. The molecule has 0 unspecified atom stereocenters. The molecule has 0 spiro atoms. The molecule has 4 rings (SSSR count). The lowest BCUT2D eigenvalue weighted by atomic mass is 10.1. The Kier molecular flexibility index (Phi) is 3.04. The van der Waals surface area contributed by atoms with E-state index in [1.807, 2.05) is 12.1 Å². The highest BCUT2D eigenvalue weighted by molar-refractivity contribution is 5.93. The molecular weight excluding hydrogens is 280 g/mol. The molecule has 5 nitrogen and oxygen atoms in total. The van der Waals surface area contributed by atoms with Gasteiger partial charge in [-0.05, 0) is 36.1 Å². The lowest BCUT2D eigenvalue weighted by Crippen LogP contribution is -2.35. The van der Waals surface area contributed by atoms with Crippen LogP contribution < -0.4 is 5.32 Å². The molecule has 0 bridgehead atoms. The molecule has 0 atom stereocenters. The highest BCUT2D eigenvalue weighted by Crippen LogP contribution is 2.23. The minimum Gasteiger partial charge on any atom is -0.461 e. The van der Waals surface area contributed by atoms with Gasteiger partial charge in [0.05, 0.1) is 6.26 Å². The van der Waals surface area contributed by atoms with E-state index in [0.29, 0.717) is 11.5 Å². The molecule has 0 aliphatic heterocycles. The summed E-state index contributed by atoms with van der Waals surface area (Å²) in [5.74, 6) is 0.782. The van der Waals surface area contributed by atoms with Crippen LogP contribution >= 0.6 is 0 Å². The van der Waals surface area contributed by atoms with Crippen molar-refractivity contribution in [2.24, 2.45) is 0 Å². The first-order valence-corrected chi connectivity index (χ1v) is 7.18. The van der Waals surface area contributed by atoms with E-state index in [9.17, 15) is 4.79 Å². The Morgan fingerprint density at radius 2 is 1.86 bits per heavy atom. The summed E-state index contributed by atoms with van der Waals surface area (Å²) in [6.45, 7) is 0. The molecule has 0 radical (unpaired) electrons. The summed E-state index contributed by atoms with van der Waals surface area (Å²) in [4.78, 5) is 12.3. The lowest BCUT2D eigenvalue weighted by molar-refractivity contribution is 0.0929. The fourth-order valence-electron chi connectivity index (χ4n) is 2.84. The Hall–Kier alpha value is -2.82. The van der Waals surface area contributed by atoms with Gasteiger partial charge in [0.25, 0.3) is 5.91 Å². The number of hydrogen-bond donors (Lipinski definition) is 1. The van der Waals surface area contributed by atoms with Crippen molar-refractivity contribution in [2.45, 2.75) is 18.9 Å². The van der Waals surface area contributed by atoms with E-state index in [-0.39, 0.29) is 17.6 Å². The summed E-state index contributed by atoms with van der Waals surface area (Å²) >= 11 is 0. The van der Waals surface area contributed by atoms with Crippen molar-refractivity contribution >= 4 is 5.91 Å². The second kappa shape index (κ2) is 5.18. The average molecular weight is 294 g/mol. The number of carbonyl (C=O) groups excluding carboxylic acids is 1. The van der Waals surface area contributed by atoms with Gasteiger partial charge in [-0.1, -0.05) is 29.4 Å². The Morgan fingerprint density at radius 1 is 1.09 bits per heavy atom. The number of nitrogens with zero attached hydrogens (tertiary/aromatic N) is 1. The van der Waals surface area contributed by atoms with Crippen LogP contribution in [-0.2, 0) is 12.8 Å². The SMILES string of the molecule is O=C(NC1Cc2ccccc2C1)c1cc(-c2ccco2)on1. The van der Waals surface area contributed by atoms with Crippen LogP contribution in [0.3, 0.4) is 0 Å². The molecular formula is C17H14N2O3. The van der Waals surface area contributed by atoms with E-state index in [4.69, 9.17) is 8.94 Å². The second-order valence-electron chi connectivity index (χ2n) is 5.40. The zero-order valence-electron chi connectivity index (χ0n) is 11.8. The molecule has 3 aromatic rings. The van der Waals surface area contributed by atoms with E-state index in [0.717, 1.165) is 12.8 Å². The van der Waals surface area contributed by atoms with E-state index in [1.165, 1.54) is 11.1 Å². The summed E-state index contributed by atoms with van der Waals surface area (Å²) in [5.41, 5.74) is 2.86. The van der Waals surface area contributed by atoms with Crippen molar-refractivity contribution in [3.63, 3.8) is 0 Å². The predicted octanol–water partition coefficient (Wildman–Crippen LogP) is 2.83. The fourth-order valence-corrected chi connectivity index (χ4v) is 2.84. The van der Waals surface area contributed by atoms with E-state index in [2.05, 4.69) is 22.6 Å². The minimum absolute atomic E-state index is 0.105. The Labute approximate surface area is 126 Å². The van der Waals surface area contributed by atoms with Gasteiger partial charge < -0.3 is 14.3 Å². The molecule has 0 saturated carbocycles. The van der Waals surface area contributed by atoms with Crippen molar-refractivity contribution < 1.29 is 13.7 Å². The molecule has 1 aliphatic rings. The number of benzene rings is 1. The third-order valence-electron chi connectivity index (χ3n) is 3.89. The van der Waals surface area contributed by atoms with Crippen LogP contribution in [-0.4, -0.2) is 17.1 Å². The van der Waals surface area contributed by atoms with Gasteiger partial charge in [-0.15, -0.1) is 0 Å². The first-order chi connectivity index (χ1) is 10.8. The molecule has 0 fully saturated rings. The van der Waals surface area contributed by atoms with Crippen molar-refractivity contribution in [3.8, 4) is 11.5 Å². The van der Waals surface area contributed by atoms with E-state index in [1.54, 1.807) is 24.5 Å². The number of rotatable bonds is 3. The largest absolute Gasteiger partial charge is 0.461 e. The highest BCUT2D eigenvalue weighted by Gasteiger charge is 2.24. The van der Waals surface area contributed by atoms with Crippen LogP contribution in [0.5, 0.6) is 0 Å². The molecule has 5 heteroatoms. The molecule has 1 aromatic carbocycles. The van der Waals surface area contributed by atoms with Crippen molar-refractivity contribution in [1.82, 2.24) is 10.5 Å². The van der Waals surface area contributed by atoms with Gasteiger partial charge in [-0.3, -0.25) is 4.79 Å². The molecule has 22 heavy (non-hydrogen) atoms. The summed E-state index contributed by atoms with van der Waals surface area (Å²) in [5, 5.41) is 6.82. The molecule has 0 saturated heterocycles. The molecule has 1 aliphatic carbocycles. The topological polar surface area (TPSA) is 68.3 Å². The highest BCUT2D eigenvalue weighted by atomic mass is 16.5. The normalized spacial score (nSPS) is 14.0. The van der Waals surface area contributed by atoms with Crippen molar-refractivity contribution in [1.29, 1.82) is 0 Å². The summed E-state index contributed by atoms with van der Waals surface area (Å²) in [6.07, 6.45) is 3.25. The molecule has 110 valence electrons. The van der Waals surface area contributed by atoms with Gasteiger partial charge in [0.15, 0.2) is 11.5 Å². The number of fused-ring (bicyclic) bond motifs is 1. The van der Waals surface area contributed by atoms with Crippen LogP contribution in [0.25, 0.3) is 11.5 Å². The summed E-state index contributed by atoms with van der Waals surface area (Å²) in [6, 6.07) is 13.5. The predicted molar refractivity (Wildman–Crippen MR) is 79.3 cm³/mol.